The van der Waals surface area contributed by atoms with Gasteiger partial charge in [-0.15, -0.1) is 5.10 Å². The van der Waals surface area contributed by atoms with Gasteiger partial charge in [0.2, 0.25) is 0 Å². The normalized spacial score (nSPS) is 26.1. The zero-order valence-electron chi connectivity index (χ0n) is 16.0. The summed E-state index contributed by atoms with van der Waals surface area (Å²) in [5.41, 5.74) is 0.804. The summed E-state index contributed by atoms with van der Waals surface area (Å²) in [6.45, 7) is 4.49. The smallest absolute Gasteiger partial charge is 0.164 e. The van der Waals surface area contributed by atoms with Gasteiger partial charge in [-0.05, 0) is 49.0 Å². The molecule has 6 heteroatoms. The molecule has 0 bridgehead atoms. The SMILES string of the molecule is CC1CCC([C@](C)(CC(=O)c2ccsc2)c2cn(C3(C#N)CC3)nn2)CC1. The van der Waals surface area contributed by atoms with Crippen LogP contribution in [0.1, 0.15) is 74.8 Å². The molecule has 4 rings (SSSR count). The number of hydrogen-bond donors (Lipinski definition) is 0. The van der Waals surface area contributed by atoms with Gasteiger partial charge >= 0.3 is 0 Å². The Morgan fingerprint density at radius 1 is 1.41 bits per heavy atom. The predicted molar refractivity (Wildman–Crippen MR) is 105 cm³/mol. The second-order valence-electron chi connectivity index (χ2n) is 8.68. The zero-order valence-corrected chi connectivity index (χ0v) is 16.8. The average Bonchev–Trinajstić information content (AvgIpc) is 3.08. The fraction of sp³-hybridized carbons (Fsp3) is 0.619. The molecule has 0 radical (unpaired) electrons. The molecule has 0 saturated heterocycles. The molecule has 2 fully saturated rings. The lowest BCUT2D eigenvalue weighted by molar-refractivity contribution is 0.0897. The molecule has 0 spiro atoms. The predicted octanol–water partition coefficient (Wildman–Crippen LogP) is 4.71. The minimum Gasteiger partial charge on any atom is -0.294 e. The van der Waals surface area contributed by atoms with E-state index in [1.165, 1.54) is 12.8 Å². The molecule has 142 valence electrons. The van der Waals surface area contributed by atoms with Gasteiger partial charge in [0.1, 0.15) is 0 Å². The van der Waals surface area contributed by atoms with Crippen molar-refractivity contribution in [2.45, 2.75) is 69.7 Å². The van der Waals surface area contributed by atoms with Crippen LogP contribution in [0.2, 0.25) is 0 Å². The van der Waals surface area contributed by atoms with Crippen LogP contribution in [0.4, 0.5) is 0 Å². The topological polar surface area (TPSA) is 71.6 Å². The third-order valence-electron chi connectivity index (χ3n) is 6.74. The highest BCUT2D eigenvalue weighted by atomic mass is 32.1. The maximum Gasteiger partial charge on any atom is 0.164 e. The Balaban J connectivity index is 1.65. The van der Waals surface area contributed by atoms with E-state index in [1.54, 1.807) is 16.0 Å². The maximum absolute atomic E-state index is 13.0. The Kier molecular flexibility index (Phi) is 4.67. The first kappa shape index (κ1) is 18.4. The molecule has 0 aliphatic heterocycles. The van der Waals surface area contributed by atoms with Crippen LogP contribution in [-0.4, -0.2) is 20.8 Å². The van der Waals surface area contributed by atoms with Crippen LogP contribution in [0.3, 0.4) is 0 Å². The summed E-state index contributed by atoms with van der Waals surface area (Å²) in [6, 6.07) is 4.28. The van der Waals surface area contributed by atoms with Crippen LogP contribution in [0.15, 0.2) is 23.0 Å². The van der Waals surface area contributed by atoms with Crippen molar-refractivity contribution in [2.24, 2.45) is 11.8 Å². The number of hydrogen-bond acceptors (Lipinski definition) is 5. The second-order valence-corrected chi connectivity index (χ2v) is 9.46. The van der Waals surface area contributed by atoms with E-state index < -0.39 is 5.54 Å². The summed E-state index contributed by atoms with van der Waals surface area (Å²) in [4.78, 5) is 13.0. The molecule has 0 amide bonds. The van der Waals surface area contributed by atoms with Crippen molar-refractivity contribution in [3.8, 4) is 6.07 Å². The highest BCUT2D eigenvalue weighted by Crippen LogP contribution is 2.46. The molecule has 2 aromatic rings. The summed E-state index contributed by atoms with van der Waals surface area (Å²) in [5, 5.41) is 22.1. The minimum absolute atomic E-state index is 0.174. The molecule has 27 heavy (non-hydrogen) atoms. The van der Waals surface area contributed by atoms with E-state index in [0.717, 1.165) is 42.9 Å². The van der Waals surface area contributed by atoms with E-state index in [2.05, 4.69) is 30.2 Å². The molecule has 2 heterocycles. The number of ketones is 1. The van der Waals surface area contributed by atoms with E-state index in [4.69, 9.17) is 0 Å². The fourth-order valence-corrected chi connectivity index (χ4v) is 5.11. The first-order valence-electron chi connectivity index (χ1n) is 9.87. The standard InChI is InChI=1S/C21H26N4OS/c1-15-3-5-17(6-4-15)20(2,11-18(26)16-7-10-27-13-16)19-12-25(24-23-19)21(14-22)8-9-21/h7,10,12-13,15,17H,3-6,8-9,11H2,1-2H3/t15?,17?,20-/m0/s1. The van der Waals surface area contributed by atoms with Crippen LogP contribution in [-0.2, 0) is 11.0 Å². The average molecular weight is 383 g/mol. The molecule has 0 aromatic carbocycles. The molecule has 2 aromatic heterocycles. The summed E-state index contributed by atoms with van der Waals surface area (Å²) < 4.78 is 1.74. The second kappa shape index (κ2) is 6.87. The Bertz CT molecular complexity index is 853. The molecule has 0 N–H and O–H groups in total. The third-order valence-corrected chi connectivity index (χ3v) is 7.42. The van der Waals surface area contributed by atoms with E-state index in [9.17, 15) is 10.1 Å². The molecule has 1 atom stereocenters. The number of aromatic nitrogens is 3. The Hall–Kier alpha value is -2.00. The van der Waals surface area contributed by atoms with Gasteiger partial charge in [-0.1, -0.05) is 31.9 Å². The van der Waals surface area contributed by atoms with Gasteiger partial charge in [-0.3, -0.25) is 4.79 Å². The van der Waals surface area contributed by atoms with Gasteiger partial charge in [0.25, 0.3) is 0 Å². The molecule has 2 aliphatic carbocycles. The lowest BCUT2D eigenvalue weighted by atomic mass is 9.64. The molecule has 2 aliphatic rings. The van der Waals surface area contributed by atoms with Crippen molar-refractivity contribution >= 4 is 17.1 Å². The third kappa shape index (κ3) is 3.34. The highest BCUT2D eigenvalue weighted by Gasteiger charge is 2.48. The van der Waals surface area contributed by atoms with Crippen LogP contribution in [0, 0.1) is 23.2 Å². The number of nitriles is 1. The molecule has 2 saturated carbocycles. The number of carbonyl (C=O) groups is 1. The van der Waals surface area contributed by atoms with Crippen molar-refractivity contribution in [2.75, 3.05) is 0 Å². The van der Waals surface area contributed by atoms with Gasteiger partial charge in [-0.25, -0.2) is 4.68 Å². The van der Waals surface area contributed by atoms with Crippen LogP contribution in [0.25, 0.3) is 0 Å². The molecule has 5 nitrogen and oxygen atoms in total. The van der Waals surface area contributed by atoms with Crippen molar-refractivity contribution in [1.82, 2.24) is 15.0 Å². The summed E-state index contributed by atoms with van der Waals surface area (Å²) >= 11 is 1.56. The zero-order chi connectivity index (χ0) is 19.1. The number of thiophene rings is 1. The first-order valence-corrected chi connectivity index (χ1v) is 10.8. The number of Topliss-reactive ketones (excluding diaryl/α,β-unsaturated/α-hetero) is 1. The molecular weight excluding hydrogens is 356 g/mol. The quantitative estimate of drug-likeness (QED) is 0.678. The molecule has 0 unspecified atom stereocenters. The summed E-state index contributed by atoms with van der Waals surface area (Å²) in [5.74, 6) is 1.34. The monoisotopic (exact) mass is 382 g/mol. The Morgan fingerprint density at radius 2 is 2.15 bits per heavy atom. The Morgan fingerprint density at radius 3 is 2.74 bits per heavy atom. The number of carbonyl (C=O) groups excluding carboxylic acids is 1. The van der Waals surface area contributed by atoms with E-state index in [1.807, 2.05) is 23.0 Å². The van der Waals surface area contributed by atoms with Crippen molar-refractivity contribution in [1.29, 1.82) is 5.26 Å². The number of nitrogens with zero attached hydrogens (tertiary/aromatic N) is 4. The fourth-order valence-electron chi connectivity index (χ4n) is 4.45. The van der Waals surface area contributed by atoms with Crippen molar-refractivity contribution in [3.05, 3.63) is 34.3 Å². The first-order chi connectivity index (χ1) is 13.0. The van der Waals surface area contributed by atoms with Gasteiger partial charge in [0.15, 0.2) is 11.3 Å². The number of rotatable bonds is 6. The lowest BCUT2D eigenvalue weighted by Crippen LogP contribution is -2.37. The van der Waals surface area contributed by atoms with Gasteiger partial charge in [0, 0.05) is 22.8 Å². The maximum atomic E-state index is 13.0. The minimum atomic E-state index is -0.509. The summed E-state index contributed by atoms with van der Waals surface area (Å²) in [7, 11) is 0. The molecular formula is C21H26N4OS. The van der Waals surface area contributed by atoms with Gasteiger partial charge in [0.05, 0.1) is 18.0 Å². The van der Waals surface area contributed by atoms with E-state index in [0.29, 0.717) is 12.3 Å². The van der Waals surface area contributed by atoms with E-state index in [-0.39, 0.29) is 11.2 Å². The Labute approximate surface area is 164 Å². The van der Waals surface area contributed by atoms with Crippen LogP contribution >= 0.6 is 11.3 Å². The van der Waals surface area contributed by atoms with E-state index >= 15 is 0 Å². The summed E-state index contributed by atoms with van der Waals surface area (Å²) in [6.07, 6.45) is 8.67. The lowest BCUT2D eigenvalue weighted by Gasteiger charge is -2.39. The highest BCUT2D eigenvalue weighted by molar-refractivity contribution is 7.08. The van der Waals surface area contributed by atoms with Gasteiger partial charge < -0.3 is 0 Å². The van der Waals surface area contributed by atoms with Crippen LogP contribution < -0.4 is 0 Å². The van der Waals surface area contributed by atoms with Gasteiger partial charge in [-0.2, -0.15) is 16.6 Å². The van der Waals surface area contributed by atoms with Crippen molar-refractivity contribution in [3.63, 3.8) is 0 Å². The largest absolute Gasteiger partial charge is 0.294 e. The van der Waals surface area contributed by atoms with Crippen molar-refractivity contribution < 1.29 is 4.79 Å². The van der Waals surface area contributed by atoms with Crippen LogP contribution in [0.5, 0.6) is 0 Å².